The van der Waals surface area contributed by atoms with Gasteiger partial charge in [0, 0.05) is 12.6 Å². The van der Waals surface area contributed by atoms with E-state index in [1.165, 1.54) is 20.8 Å². The van der Waals surface area contributed by atoms with E-state index in [-0.39, 0.29) is 18.2 Å². The second-order valence-electron chi connectivity index (χ2n) is 2.13. The summed E-state index contributed by atoms with van der Waals surface area (Å²) in [6.07, 6.45) is 0. The van der Waals surface area contributed by atoms with Gasteiger partial charge in [0.25, 0.3) is 0 Å². The number of carbonyl (C=O) groups excluding carboxylic acids is 1. The van der Waals surface area contributed by atoms with Crippen LogP contribution in [0, 0.1) is 16.7 Å². The van der Waals surface area contributed by atoms with E-state index in [1.807, 2.05) is 0 Å². The zero-order chi connectivity index (χ0) is 9.86. The molecule has 3 nitrogen and oxygen atoms in total. The second kappa shape index (κ2) is 22.5. The van der Waals surface area contributed by atoms with Crippen molar-refractivity contribution in [3.05, 3.63) is 0 Å². The maximum Gasteiger partial charge on any atom is 0.126 e. The lowest BCUT2D eigenvalue weighted by Crippen LogP contribution is -3.00. The fraction of sp³-hybridized carbons (Fsp3) is 0.625. The van der Waals surface area contributed by atoms with Crippen molar-refractivity contribution in [2.45, 2.75) is 34.6 Å². The molecule has 4 heteroatoms. The number of nitrogens with zero attached hydrogens (tertiary/aromatic N) is 1. The molecule has 0 radical (unpaired) electrons. The summed E-state index contributed by atoms with van der Waals surface area (Å²) < 4.78 is 0. The van der Waals surface area contributed by atoms with Crippen molar-refractivity contribution in [2.75, 3.05) is 0 Å². The first-order valence-electron chi connectivity index (χ1n) is 3.18. The highest BCUT2D eigenvalue weighted by Gasteiger charge is 1.62. The van der Waals surface area contributed by atoms with Crippen molar-refractivity contribution in [3.63, 3.8) is 0 Å². The van der Waals surface area contributed by atoms with Gasteiger partial charge in [-0.1, -0.05) is 0 Å². The molecule has 0 heterocycles. The monoisotopic (exact) mass is 191 g/mol. The fourth-order valence-electron chi connectivity index (χ4n) is 0. The zero-order valence-electron chi connectivity index (χ0n) is 8.23. The molecule has 0 fully saturated rings. The minimum Gasteiger partial charge on any atom is -1.00 e. The molecule has 0 aliphatic rings. The van der Waals surface area contributed by atoms with Crippen molar-refractivity contribution in [2.24, 2.45) is 0 Å². The molecule has 0 aromatic heterocycles. The Balaban J connectivity index is -0.0000000389. The van der Waals surface area contributed by atoms with E-state index in [4.69, 9.17) is 10.7 Å². The molecule has 0 saturated carbocycles. The van der Waals surface area contributed by atoms with Gasteiger partial charge in [0.2, 0.25) is 0 Å². The zero-order valence-corrected chi connectivity index (χ0v) is 8.99. The van der Waals surface area contributed by atoms with Gasteiger partial charge < -0.3 is 22.6 Å². The van der Waals surface area contributed by atoms with Gasteiger partial charge in [-0.15, -0.1) is 0 Å². The van der Waals surface area contributed by atoms with E-state index in [1.54, 1.807) is 19.9 Å². The van der Waals surface area contributed by atoms with Crippen molar-refractivity contribution in [1.82, 2.24) is 0 Å². The largest absolute Gasteiger partial charge is 1.00 e. The van der Waals surface area contributed by atoms with Crippen molar-refractivity contribution in [3.8, 4) is 6.07 Å². The van der Waals surface area contributed by atoms with Gasteiger partial charge in [-0.25, -0.2) is 0 Å². The Hall–Kier alpha value is -0.880. The Kier molecular flexibility index (Phi) is 42.1. The van der Waals surface area contributed by atoms with Gasteiger partial charge in [-0.05, 0) is 27.7 Å². The van der Waals surface area contributed by atoms with Crippen LogP contribution in [0.4, 0.5) is 0 Å². The highest BCUT2D eigenvalue weighted by atomic mass is 35.5. The summed E-state index contributed by atoms with van der Waals surface area (Å²) in [5.41, 5.74) is 0.667. The maximum absolute atomic E-state index is 9.44. The molecule has 72 valence electrons. The summed E-state index contributed by atoms with van der Waals surface area (Å²) in [6, 6.07) is 1.75. The van der Waals surface area contributed by atoms with Crippen LogP contribution in [0.15, 0.2) is 0 Å². The minimum absolute atomic E-state index is 0. The topological polar surface area (TPSA) is 64.7 Å². The standard InChI is InChI=1S/C3H7N.C3H6O.C2H3N.ClH/c2*1-3(2)4;1-2-3;/h4H,1-2H3;1-2H3;1H3;1H/p-1. The van der Waals surface area contributed by atoms with Crippen molar-refractivity contribution in [1.29, 1.82) is 10.7 Å². The minimum atomic E-state index is 0. The third-order valence-electron chi connectivity index (χ3n) is 0. The summed E-state index contributed by atoms with van der Waals surface area (Å²) in [7, 11) is 0. The van der Waals surface area contributed by atoms with Crippen LogP contribution in [0.2, 0.25) is 0 Å². The molecule has 0 atom stereocenters. The molecule has 0 saturated heterocycles. The van der Waals surface area contributed by atoms with Crippen LogP contribution in [-0.4, -0.2) is 11.5 Å². The quantitative estimate of drug-likeness (QED) is 0.509. The summed E-state index contributed by atoms with van der Waals surface area (Å²) in [6.45, 7) is 7.99. The molecule has 0 aliphatic heterocycles. The summed E-state index contributed by atoms with van der Waals surface area (Å²) >= 11 is 0. The first-order chi connectivity index (χ1) is 4.88. The van der Waals surface area contributed by atoms with Crippen molar-refractivity contribution < 1.29 is 17.2 Å². The smallest absolute Gasteiger partial charge is 0.126 e. The molecule has 0 unspecified atom stereocenters. The number of halogens is 1. The van der Waals surface area contributed by atoms with Gasteiger partial charge in [-0.2, -0.15) is 5.26 Å². The third-order valence-corrected chi connectivity index (χ3v) is 0. The van der Waals surface area contributed by atoms with Crippen LogP contribution in [0.1, 0.15) is 34.6 Å². The highest BCUT2D eigenvalue weighted by molar-refractivity contribution is 5.75. The Labute approximate surface area is 80.7 Å². The number of hydrogen-bond donors (Lipinski definition) is 1. The normalized spacial score (nSPS) is 5.00. The molecular weight excluding hydrogens is 176 g/mol. The number of rotatable bonds is 0. The van der Waals surface area contributed by atoms with Gasteiger partial charge in [0.15, 0.2) is 0 Å². The molecule has 0 aliphatic carbocycles. The van der Waals surface area contributed by atoms with Crippen molar-refractivity contribution >= 4 is 11.5 Å². The molecule has 0 aromatic carbocycles. The predicted octanol–water partition coefficient (Wildman–Crippen LogP) is -0.825. The lowest BCUT2D eigenvalue weighted by molar-refractivity contribution is -0.115. The van der Waals surface area contributed by atoms with Crippen LogP contribution in [0.25, 0.3) is 0 Å². The molecule has 12 heavy (non-hydrogen) atoms. The van der Waals surface area contributed by atoms with Gasteiger partial charge in [0.05, 0.1) is 6.07 Å². The van der Waals surface area contributed by atoms with Gasteiger partial charge in [0.1, 0.15) is 5.78 Å². The summed E-state index contributed by atoms with van der Waals surface area (Å²) in [5, 5.41) is 13.8. The van der Waals surface area contributed by atoms with Crippen LogP contribution in [0.5, 0.6) is 0 Å². The number of nitrogens with one attached hydrogen (secondary N) is 1. The van der Waals surface area contributed by atoms with Crippen LogP contribution >= 0.6 is 0 Å². The second-order valence-corrected chi connectivity index (χ2v) is 2.13. The van der Waals surface area contributed by atoms with E-state index in [0.29, 0.717) is 5.71 Å². The Morgan fingerprint density at radius 2 is 1.25 bits per heavy atom. The maximum atomic E-state index is 9.44. The molecule has 0 rings (SSSR count). The molecule has 0 aromatic rings. The van der Waals surface area contributed by atoms with E-state index in [9.17, 15) is 4.79 Å². The number of ketones is 1. The Morgan fingerprint density at radius 3 is 1.25 bits per heavy atom. The summed E-state index contributed by atoms with van der Waals surface area (Å²) in [5.74, 6) is 0.167. The SMILES string of the molecule is CC#N.CC(C)=N.CC(C)=O.[Cl-]. The molecule has 0 spiro atoms. The average molecular weight is 192 g/mol. The fourth-order valence-corrected chi connectivity index (χ4v) is 0. The highest BCUT2D eigenvalue weighted by Crippen LogP contribution is 1.52. The number of carbonyl (C=O) groups is 1. The third kappa shape index (κ3) is 777. The first-order valence-corrected chi connectivity index (χ1v) is 3.18. The predicted molar refractivity (Wildman–Crippen MR) is 46.7 cm³/mol. The first kappa shape index (κ1) is 22.5. The number of nitriles is 1. The Morgan fingerprint density at radius 1 is 1.25 bits per heavy atom. The van der Waals surface area contributed by atoms with Crippen LogP contribution in [-0.2, 0) is 4.79 Å². The van der Waals surface area contributed by atoms with E-state index in [2.05, 4.69) is 0 Å². The Bertz CT molecular complexity index is 130. The molecule has 0 bridgehead atoms. The lowest BCUT2D eigenvalue weighted by atomic mass is 10.5. The molecule has 1 N–H and O–H groups in total. The molecular formula is C8H16ClN2O-. The van der Waals surface area contributed by atoms with Gasteiger partial charge in [-0.3, -0.25) is 0 Å². The number of Topliss-reactive ketones (excluding diaryl/α,β-unsaturated/α-hetero) is 1. The van der Waals surface area contributed by atoms with Gasteiger partial charge >= 0.3 is 0 Å². The van der Waals surface area contributed by atoms with E-state index >= 15 is 0 Å². The van der Waals surface area contributed by atoms with E-state index < -0.39 is 0 Å². The average Bonchev–Trinajstić information content (AvgIpc) is 1.60. The van der Waals surface area contributed by atoms with E-state index in [0.717, 1.165) is 0 Å². The molecule has 0 amide bonds. The number of hydrogen-bond acceptors (Lipinski definition) is 3. The lowest BCUT2D eigenvalue weighted by Gasteiger charge is -1.63. The van der Waals surface area contributed by atoms with Crippen LogP contribution in [0.3, 0.4) is 0 Å². The summed E-state index contributed by atoms with van der Waals surface area (Å²) in [4.78, 5) is 9.44. The van der Waals surface area contributed by atoms with Crippen LogP contribution < -0.4 is 12.4 Å².